The summed E-state index contributed by atoms with van der Waals surface area (Å²) in [6.07, 6.45) is 3.51. The van der Waals surface area contributed by atoms with Crippen LogP contribution in [0.15, 0.2) is 12.7 Å². The summed E-state index contributed by atoms with van der Waals surface area (Å²) in [6, 6.07) is 0.593. The van der Waals surface area contributed by atoms with Gasteiger partial charge in [-0.1, -0.05) is 6.08 Å². The van der Waals surface area contributed by atoms with Crippen molar-refractivity contribution in [2.45, 2.75) is 25.5 Å². The fourth-order valence-corrected chi connectivity index (χ4v) is 1.87. The number of likely N-dealkylation sites (tertiary alicyclic amines) is 1. The first-order valence-electron chi connectivity index (χ1n) is 5.36. The van der Waals surface area contributed by atoms with Crippen molar-refractivity contribution < 1.29 is 4.74 Å². The average molecular weight is 198 g/mol. The summed E-state index contributed by atoms with van der Waals surface area (Å²) in [5.74, 6) is 0. The molecule has 0 aromatic carbocycles. The van der Waals surface area contributed by atoms with Crippen molar-refractivity contribution in [2.75, 3.05) is 33.3 Å². The molecular formula is C11H22N2O. The Hall–Kier alpha value is -0.380. The molecule has 1 saturated heterocycles. The normalized spacial score (nSPS) is 25.1. The molecule has 14 heavy (non-hydrogen) atoms. The fourth-order valence-electron chi connectivity index (χ4n) is 1.87. The van der Waals surface area contributed by atoms with Gasteiger partial charge in [0.2, 0.25) is 0 Å². The molecule has 1 aliphatic heterocycles. The zero-order chi connectivity index (χ0) is 10.4. The third-order valence-corrected chi connectivity index (χ3v) is 2.86. The minimum atomic E-state index is 0.442. The first-order valence-corrected chi connectivity index (χ1v) is 5.36. The van der Waals surface area contributed by atoms with Crippen LogP contribution in [0, 0.1) is 0 Å². The second-order valence-electron chi connectivity index (χ2n) is 3.94. The quantitative estimate of drug-likeness (QED) is 0.506. The number of methoxy groups -OCH3 is 1. The Morgan fingerprint density at radius 2 is 2.50 bits per heavy atom. The van der Waals surface area contributed by atoms with Crippen LogP contribution >= 0.6 is 0 Å². The van der Waals surface area contributed by atoms with Crippen LogP contribution < -0.4 is 5.32 Å². The van der Waals surface area contributed by atoms with Crippen molar-refractivity contribution in [3.05, 3.63) is 12.7 Å². The summed E-state index contributed by atoms with van der Waals surface area (Å²) >= 11 is 0. The number of hydrogen-bond donors (Lipinski definition) is 1. The SMILES string of the molecule is C=CCNCC(C)N1CCC(OC)C1. The molecule has 1 aliphatic rings. The standard InChI is InChI=1S/C11H22N2O/c1-4-6-12-8-10(2)13-7-5-11(9-13)14-3/h4,10-12H,1,5-9H2,2-3H3. The van der Waals surface area contributed by atoms with Crippen LogP contribution in [0.2, 0.25) is 0 Å². The molecule has 2 unspecified atom stereocenters. The van der Waals surface area contributed by atoms with Crippen molar-refractivity contribution in [3.8, 4) is 0 Å². The summed E-state index contributed by atoms with van der Waals surface area (Å²) in [5.41, 5.74) is 0. The molecule has 0 amide bonds. The molecule has 1 N–H and O–H groups in total. The Morgan fingerprint density at radius 1 is 1.71 bits per heavy atom. The van der Waals surface area contributed by atoms with Crippen molar-refractivity contribution in [2.24, 2.45) is 0 Å². The predicted octanol–water partition coefficient (Wildman–Crippen LogP) is 0.871. The molecule has 0 aromatic rings. The number of nitrogens with zero attached hydrogens (tertiary/aromatic N) is 1. The van der Waals surface area contributed by atoms with Gasteiger partial charge in [-0.05, 0) is 13.3 Å². The molecule has 0 aromatic heterocycles. The highest BCUT2D eigenvalue weighted by Gasteiger charge is 2.25. The van der Waals surface area contributed by atoms with Gasteiger partial charge in [0.1, 0.15) is 0 Å². The van der Waals surface area contributed by atoms with E-state index in [4.69, 9.17) is 4.74 Å². The van der Waals surface area contributed by atoms with Gasteiger partial charge in [0.05, 0.1) is 6.10 Å². The van der Waals surface area contributed by atoms with Crippen LogP contribution in [0.3, 0.4) is 0 Å². The predicted molar refractivity (Wildman–Crippen MR) is 59.5 cm³/mol. The molecule has 3 heteroatoms. The largest absolute Gasteiger partial charge is 0.380 e. The summed E-state index contributed by atoms with van der Waals surface area (Å²) in [6.45, 7) is 10.1. The van der Waals surface area contributed by atoms with Crippen LogP contribution in [0.4, 0.5) is 0 Å². The molecule has 2 atom stereocenters. The Morgan fingerprint density at radius 3 is 3.07 bits per heavy atom. The van der Waals surface area contributed by atoms with Crippen LogP contribution in [0.5, 0.6) is 0 Å². The van der Waals surface area contributed by atoms with Crippen LogP contribution in [0.25, 0.3) is 0 Å². The van der Waals surface area contributed by atoms with Gasteiger partial charge < -0.3 is 10.1 Å². The highest BCUT2D eigenvalue weighted by atomic mass is 16.5. The first kappa shape index (κ1) is 11.7. The minimum absolute atomic E-state index is 0.442. The highest BCUT2D eigenvalue weighted by Crippen LogP contribution is 2.14. The molecule has 0 bridgehead atoms. The number of ether oxygens (including phenoxy) is 1. The summed E-state index contributed by atoms with van der Waals surface area (Å²) < 4.78 is 5.34. The molecule has 3 nitrogen and oxygen atoms in total. The smallest absolute Gasteiger partial charge is 0.0710 e. The Balaban J connectivity index is 2.17. The molecule has 0 aliphatic carbocycles. The summed E-state index contributed by atoms with van der Waals surface area (Å²) in [5, 5.41) is 3.34. The van der Waals surface area contributed by atoms with Gasteiger partial charge in [0, 0.05) is 39.3 Å². The van der Waals surface area contributed by atoms with E-state index in [1.807, 2.05) is 6.08 Å². The number of nitrogens with one attached hydrogen (secondary N) is 1. The summed E-state index contributed by atoms with van der Waals surface area (Å²) in [7, 11) is 1.80. The third kappa shape index (κ3) is 3.40. The van der Waals surface area contributed by atoms with Crippen molar-refractivity contribution >= 4 is 0 Å². The number of rotatable bonds is 6. The van der Waals surface area contributed by atoms with E-state index in [1.165, 1.54) is 6.42 Å². The van der Waals surface area contributed by atoms with Gasteiger partial charge in [0.25, 0.3) is 0 Å². The van der Waals surface area contributed by atoms with E-state index in [-0.39, 0.29) is 0 Å². The van der Waals surface area contributed by atoms with Crippen LogP contribution in [-0.4, -0.2) is 50.3 Å². The van der Waals surface area contributed by atoms with Crippen LogP contribution in [-0.2, 0) is 4.74 Å². The molecular weight excluding hydrogens is 176 g/mol. The Labute approximate surface area is 87.1 Å². The van der Waals surface area contributed by atoms with Gasteiger partial charge in [-0.3, -0.25) is 4.90 Å². The maximum absolute atomic E-state index is 5.34. The fraction of sp³-hybridized carbons (Fsp3) is 0.818. The van der Waals surface area contributed by atoms with E-state index in [1.54, 1.807) is 7.11 Å². The number of hydrogen-bond acceptors (Lipinski definition) is 3. The Kier molecular flexibility index (Phi) is 5.15. The molecule has 1 rings (SSSR count). The van der Waals surface area contributed by atoms with Gasteiger partial charge in [-0.25, -0.2) is 0 Å². The lowest BCUT2D eigenvalue weighted by Gasteiger charge is -2.24. The van der Waals surface area contributed by atoms with Gasteiger partial charge in [0.15, 0.2) is 0 Å². The lowest BCUT2D eigenvalue weighted by atomic mass is 10.3. The molecule has 0 saturated carbocycles. The van der Waals surface area contributed by atoms with Crippen molar-refractivity contribution in [1.29, 1.82) is 0 Å². The monoisotopic (exact) mass is 198 g/mol. The third-order valence-electron chi connectivity index (χ3n) is 2.86. The van der Waals surface area contributed by atoms with E-state index in [2.05, 4.69) is 23.7 Å². The van der Waals surface area contributed by atoms with E-state index >= 15 is 0 Å². The minimum Gasteiger partial charge on any atom is -0.380 e. The van der Waals surface area contributed by atoms with Gasteiger partial charge in [-0.15, -0.1) is 6.58 Å². The van der Waals surface area contributed by atoms with E-state index in [9.17, 15) is 0 Å². The molecule has 82 valence electrons. The lowest BCUT2D eigenvalue weighted by Crippen LogP contribution is -2.39. The topological polar surface area (TPSA) is 24.5 Å². The lowest BCUT2D eigenvalue weighted by molar-refractivity contribution is 0.102. The zero-order valence-corrected chi connectivity index (χ0v) is 9.33. The van der Waals surface area contributed by atoms with Gasteiger partial charge >= 0.3 is 0 Å². The van der Waals surface area contributed by atoms with Crippen LogP contribution in [0.1, 0.15) is 13.3 Å². The van der Waals surface area contributed by atoms with Crippen molar-refractivity contribution in [3.63, 3.8) is 0 Å². The van der Waals surface area contributed by atoms with Gasteiger partial charge in [-0.2, -0.15) is 0 Å². The molecule has 0 spiro atoms. The highest BCUT2D eigenvalue weighted by molar-refractivity contribution is 4.81. The maximum Gasteiger partial charge on any atom is 0.0710 e. The van der Waals surface area contributed by atoms with E-state index in [0.29, 0.717) is 12.1 Å². The van der Waals surface area contributed by atoms with Crippen molar-refractivity contribution in [1.82, 2.24) is 10.2 Å². The molecule has 0 radical (unpaired) electrons. The summed E-state index contributed by atoms with van der Waals surface area (Å²) in [4.78, 5) is 2.48. The first-order chi connectivity index (χ1) is 6.77. The molecule has 1 heterocycles. The maximum atomic E-state index is 5.34. The van der Waals surface area contributed by atoms with E-state index in [0.717, 1.165) is 26.2 Å². The second-order valence-corrected chi connectivity index (χ2v) is 3.94. The second kappa shape index (κ2) is 6.17. The van der Waals surface area contributed by atoms with E-state index < -0.39 is 0 Å². The Bertz CT molecular complexity index is 173. The zero-order valence-electron chi connectivity index (χ0n) is 9.33. The average Bonchev–Trinajstić information content (AvgIpc) is 2.66. The molecule has 1 fully saturated rings.